The molecule has 2 aromatic rings. The van der Waals surface area contributed by atoms with Gasteiger partial charge in [-0.05, 0) is 23.1 Å². The van der Waals surface area contributed by atoms with E-state index in [1.165, 1.54) is 4.31 Å². The summed E-state index contributed by atoms with van der Waals surface area (Å²) < 4.78 is 25.8. The number of carbonyl (C=O) groups excluding carboxylic acids is 1. The van der Waals surface area contributed by atoms with E-state index in [9.17, 15) is 13.2 Å². The molecule has 0 bridgehead atoms. The Hall–Kier alpha value is -2.22. The monoisotopic (exact) mass is 346 g/mol. The number of hydrogen-bond donors (Lipinski definition) is 2. The Kier molecular flexibility index (Phi) is 4.66. The number of sulfonamides is 1. The van der Waals surface area contributed by atoms with Crippen molar-refractivity contribution in [2.45, 2.75) is 19.0 Å². The van der Waals surface area contributed by atoms with Gasteiger partial charge in [-0.3, -0.25) is 10.0 Å². The van der Waals surface area contributed by atoms with Gasteiger partial charge in [0.15, 0.2) is 0 Å². The highest BCUT2D eigenvalue weighted by Gasteiger charge is 2.41. The van der Waals surface area contributed by atoms with Crippen molar-refractivity contribution in [3.05, 3.63) is 60.2 Å². The molecule has 1 heterocycles. The minimum atomic E-state index is -3.53. The summed E-state index contributed by atoms with van der Waals surface area (Å²) in [5, 5.41) is 8.86. The minimum absolute atomic E-state index is 0.0888. The van der Waals surface area contributed by atoms with Crippen molar-refractivity contribution in [3.63, 3.8) is 0 Å². The van der Waals surface area contributed by atoms with Crippen LogP contribution in [0.4, 0.5) is 0 Å². The zero-order valence-corrected chi connectivity index (χ0v) is 13.7. The zero-order chi connectivity index (χ0) is 17.2. The van der Waals surface area contributed by atoms with Crippen LogP contribution in [0.5, 0.6) is 0 Å². The third kappa shape index (κ3) is 3.19. The second-order valence-corrected chi connectivity index (χ2v) is 7.71. The summed E-state index contributed by atoms with van der Waals surface area (Å²) in [5.41, 5.74) is 4.27. The predicted octanol–water partition coefficient (Wildman–Crippen LogP) is 1.76. The second-order valence-electron chi connectivity index (χ2n) is 5.66. The number of carbonyl (C=O) groups is 1. The van der Waals surface area contributed by atoms with E-state index in [2.05, 4.69) is 0 Å². The van der Waals surface area contributed by atoms with Gasteiger partial charge >= 0.3 is 0 Å². The fourth-order valence-electron chi connectivity index (χ4n) is 2.99. The SMILES string of the molecule is O=C(NO)C1CCS(=O)(=O)N1Cc1ccccc1-c1ccccc1. The second kappa shape index (κ2) is 6.72. The van der Waals surface area contributed by atoms with Gasteiger partial charge in [-0.25, -0.2) is 13.9 Å². The Morgan fingerprint density at radius 3 is 2.50 bits per heavy atom. The van der Waals surface area contributed by atoms with Gasteiger partial charge < -0.3 is 0 Å². The topological polar surface area (TPSA) is 86.7 Å². The molecule has 3 rings (SSSR count). The number of benzene rings is 2. The van der Waals surface area contributed by atoms with Crippen molar-refractivity contribution in [2.75, 3.05) is 5.75 Å². The van der Waals surface area contributed by atoms with E-state index in [0.29, 0.717) is 0 Å². The van der Waals surface area contributed by atoms with Crippen LogP contribution in [0.15, 0.2) is 54.6 Å². The van der Waals surface area contributed by atoms with Crippen molar-refractivity contribution in [3.8, 4) is 11.1 Å². The maximum Gasteiger partial charge on any atom is 0.261 e. The maximum absolute atomic E-state index is 12.3. The molecule has 0 saturated carbocycles. The molecule has 0 radical (unpaired) electrons. The first-order chi connectivity index (χ1) is 11.5. The van der Waals surface area contributed by atoms with E-state index in [1.54, 1.807) is 5.48 Å². The van der Waals surface area contributed by atoms with Crippen LogP contribution < -0.4 is 5.48 Å². The fraction of sp³-hybridized carbons (Fsp3) is 0.235. The first kappa shape index (κ1) is 16.6. The zero-order valence-electron chi connectivity index (χ0n) is 12.9. The molecule has 2 N–H and O–H groups in total. The Morgan fingerprint density at radius 2 is 1.79 bits per heavy atom. The summed E-state index contributed by atoms with van der Waals surface area (Å²) in [7, 11) is -3.53. The predicted molar refractivity (Wildman–Crippen MR) is 89.5 cm³/mol. The molecule has 126 valence electrons. The summed E-state index contributed by atoms with van der Waals surface area (Å²) in [4.78, 5) is 11.8. The van der Waals surface area contributed by atoms with E-state index in [1.807, 2.05) is 54.6 Å². The summed E-state index contributed by atoms with van der Waals surface area (Å²) in [6.07, 6.45) is 0.169. The van der Waals surface area contributed by atoms with E-state index in [4.69, 9.17) is 5.21 Å². The van der Waals surface area contributed by atoms with E-state index in [-0.39, 0.29) is 18.7 Å². The maximum atomic E-state index is 12.3. The summed E-state index contributed by atoms with van der Waals surface area (Å²) in [6.45, 7) is 0.0888. The smallest absolute Gasteiger partial charge is 0.261 e. The molecule has 0 spiro atoms. The quantitative estimate of drug-likeness (QED) is 0.652. The Balaban J connectivity index is 1.97. The molecule has 1 saturated heterocycles. The molecule has 6 nitrogen and oxygen atoms in total. The summed E-state index contributed by atoms with van der Waals surface area (Å²) in [6, 6.07) is 16.3. The third-order valence-electron chi connectivity index (χ3n) is 4.20. The average molecular weight is 346 g/mol. The van der Waals surface area contributed by atoms with Gasteiger partial charge in [0, 0.05) is 6.54 Å². The molecule has 1 aliphatic rings. The van der Waals surface area contributed by atoms with Gasteiger partial charge in [-0.1, -0.05) is 54.6 Å². The first-order valence-corrected chi connectivity index (χ1v) is 9.20. The largest absolute Gasteiger partial charge is 0.289 e. The van der Waals surface area contributed by atoms with Crippen molar-refractivity contribution in [2.24, 2.45) is 0 Å². The highest BCUT2D eigenvalue weighted by atomic mass is 32.2. The molecule has 1 aliphatic heterocycles. The number of nitrogens with one attached hydrogen (secondary N) is 1. The Morgan fingerprint density at radius 1 is 1.12 bits per heavy atom. The number of nitrogens with zero attached hydrogens (tertiary/aromatic N) is 1. The van der Waals surface area contributed by atoms with E-state index >= 15 is 0 Å². The van der Waals surface area contributed by atoms with Crippen molar-refractivity contribution in [1.29, 1.82) is 0 Å². The van der Waals surface area contributed by atoms with Crippen molar-refractivity contribution >= 4 is 15.9 Å². The van der Waals surface area contributed by atoms with Gasteiger partial charge in [0.25, 0.3) is 5.91 Å². The molecule has 1 fully saturated rings. The lowest BCUT2D eigenvalue weighted by atomic mass is 9.99. The molecule has 0 aromatic heterocycles. The van der Waals surface area contributed by atoms with Crippen LogP contribution in [0, 0.1) is 0 Å². The van der Waals surface area contributed by atoms with E-state index in [0.717, 1.165) is 16.7 Å². The minimum Gasteiger partial charge on any atom is -0.289 e. The first-order valence-electron chi connectivity index (χ1n) is 7.60. The molecular weight excluding hydrogens is 328 g/mol. The molecule has 1 atom stereocenters. The Bertz CT molecular complexity index is 837. The number of amides is 1. The molecule has 7 heteroatoms. The van der Waals surface area contributed by atoms with Gasteiger partial charge in [0.05, 0.1) is 5.75 Å². The number of hydroxylamine groups is 1. The Labute approximate surface area is 140 Å². The number of rotatable bonds is 4. The van der Waals surface area contributed by atoms with Crippen molar-refractivity contribution in [1.82, 2.24) is 9.79 Å². The fourth-order valence-corrected chi connectivity index (χ4v) is 4.67. The highest BCUT2D eigenvalue weighted by molar-refractivity contribution is 7.89. The van der Waals surface area contributed by atoms with Gasteiger partial charge in [0.1, 0.15) is 6.04 Å². The molecule has 2 aromatic carbocycles. The van der Waals surface area contributed by atoms with Crippen LogP contribution in [0.2, 0.25) is 0 Å². The summed E-state index contributed by atoms with van der Waals surface area (Å²) >= 11 is 0. The van der Waals surface area contributed by atoms with Crippen LogP contribution >= 0.6 is 0 Å². The van der Waals surface area contributed by atoms with Crippen LogP contribution in [-0.2, 0) is 21.4 Å². The molecule has 24 heavy (non-hydrogen) atoms. The summed E-state index contributed by atoms with van der Waals surface area (Å²) in [5.74, 6) is -0.799. The molecular formula is C17H18N2O4S. The highest BCUT2D eigenvalue weighted by Crippen LogP contribution is 2.29. The third-order valence-corrected chi connectivity index (χ3v) is 6.05. The van der Waals surface area contributed by atoms with E-state index < -0.39 is 22.0 Å². The van der Waals surface area contributed by atoms with Crippen LogP contribution in [0.3, 0.4) is 0 Å². The lowest BCUT2D eigenvalue weighted by molar-refractivity contribution is -0.133. The van der Waals surface area contributed by atoms with Crippen LogP contribution in [0.1, 0.15) is 12.0 Å². The van der Waals surface area contributed by atoms with Gasteiger partial charge in [0.2, 0.25) is 10.0 Å². The lowest BCUT2D eigenvalue weighted by Crippen LogP contribution is -2.43. The van der Waals surface area contributed by atoms with Crippen molar-refractivity contribution < 1.29 is 18.4 Å². The lowest BCUT2D eigenvalue weighted by Gasteiger charge is -2.22. The molecule has 1 amide bonds. The number of hydrogen-bond acceptors (Lipinski definition) is 4. The average Bonchev–Trinajstić information content (AvgIpc) is 2.90. The van der Waals surface area contributed by atoms with Crippen LogP contribution in [0.25, 0.3) is 11.1 Å². The van der Waals surface area contributed by atoms with Crippen LogP contribution in [-0.4, -0.2) is 35.6 Å². The van der Waals surface area contributed by atoms with Gasteiger partial charge in [-0.15, -0.1) is 0 Å². The molecule has 0 aliphatic carbocycles. The standard InChI is InChI=1S/C17H18N2O4S/c20-17(18-21)16-10-11-24(22,23)19(16)12-14-8-4-5-9-15(14)13-6-2-1-3-7-13/h1-9,16,21H,10-12H2,(H,18,20). The normalized spacial score (nSPS) is 20.0. The molecule has 1 unspecified atom stereocenters. The van der Waals surface area contributed by atoms with Gasteiger partial charge in [-0.2, -0.15) is 4.31 Å².